The number of benzene rings is 6. The van der Waals surface area contributed by atoms with Gasteiger partial charge in [0.25, 0.3) is 0 Å². The zero-order valence-corrected chi connectivity index (χ0v) is 39.6. The summed E-state index contributed by atoms with van der Waals surface area (Å²) in [4.78, 5) is -0.137. The predicted octanol–water partition coefficient (Wildman–Crippen LogP) is 5.66. The van der Waals surface area contributed by atoms with Crippen LogP contribution >= 0.6 is 0 Å². The number of hydrogen-bond donors (Lipinski definition) is 0. The molecular weight excluding hydrogens is 962 g/mol. The first-order valence-electron chi connectivity index (χ1n) is 17.8. The Kier molecular flexibility index (Phi) is 15.6. The Hall–Kier alpha value is -4.35. The average Bonchev–Trinajstić information content (AvgIpc) is 3.20. The molecule has 6 aromatic carbocycles. The number of rotatable bonds is 12. The van der Waals surface area contributed by atoms with E-state index in [0.717, 1.165) is 11.8 Å². The Morgan fingerprint density at radius 2 is 0.774 bits per heavy atom. The Morgan fingerprint density at radius 1 is 0.484 bits per heavy atom. The number of sulfone groups is 5. The molecule has 0 spiro atoms. The minimum absolute atomic E-state index is 0. The maximum Gasteiger partial charge on any atom is 2.00 e. The molecule has 13 nitrogen and oxygen atoms in total. The van der Waals surface area contributed by atoms with Gasteiger partial charge in [-0.15, -0.1) is 0 Å². The maximum absolute atomic E-state index is 13.2. The second-order valence-corrected chi connectivity index (χ2v) is 25.4. The third-order valence-corrected chi connectivity index (χ3v) is 18.0. The second-order valence-electron chi connectivity index (χ2n) is 14.7. The molecule has 62 heavy (non-hydrogen) atoms. The average molecular weight is 1000 g/mol. The predicted molar refractivity (Wildman–Crippen MR) is 226 cm³/mol. The summed E-state index contributed by atoms with van der Waals surface area (Å²) in [7, 11) is -13.3. The maximum atomic E-state index is 13.2. The van der Waals surface area contributed by atoms with Crippen molar-refractivity contribution in [1.82, 2.24) is 0 Å². The second kappa shape index (κ2) is 19.2. The molecule has 0 bridgehead atoms. The summed E-state index contributed by atoms with van der Waals surface area (Å²) in [5.74, 6) is 0. The van der Waals surface area contributed by atoms with Crippen LogP contribution in [0.15, 0.2) is 188 Å². The molecule has 0 fully saturated rings. The molecule has 0 aliphatic carbocycles. The van der Waals surface area contributed by atoms with Crippen LogP contribution in [0.1, 0.15) is 11.1 Å². The van der Waals surface area contributed by atoms with E-state index >= 15 is 0 Å². The molecule has 0 N–H and O–H groups in total. The Bertz CT molecular complexity index is 3160. The van der Waals surface area contributed by atoms with E-state index in [1.165, 1.54) is 127 Å². The molecule has 1 radical (unpaired) electrons. The van der Waals surface area contributed by atoms with E-state index in [4.69, 9.17) is 0 Å². The van der Waals surface area contributed by atoms with Gasteiger partial charge in [0.2, 0.25) is 29.5 Å². The Balaban J connectivity index is 0.000000272. The summed E-state index contributed by atoms with van der Waals surface area (Å²) in [6.07, 6.45) is 1.03. The van der Waals surface area contributed by atoms with Crippen LogP contribution in [0.2, 0.25) is 0 Å². The molecule has 0 aliphatic rings. The zero-order valence-electron chi connectivity index (χ0n) is 33.6. The van der Waals surface area contributed by atoms with Gasteiger partial charge in [0.15, 0.2) is 19.7 Å². The van der Waals surface area contributed by atoms with E-state index < -0.39 is 60.3 Å². The topological polar surface area (TPSA) is 211 Å². The van der Waals surface area contributed by atoms with Gasteiger partial charge in [-0.1, -0.05) is 17.7 Å². The van der Waals surface area contributed by atoms with Gasteiger partial charge in [0.05, 0.1) is 60.3 Å². The SMILES string of the molecule is CS(=O)(=O)c1ccc(S(=O)(=O)c2ccc(S(=O)(=O)c3cc[c-]cc3)cc2)cc1.Cc1ccc(S(=O)(=O)c2ccc(S(=O)(=O)c3ccc(S(=O)[O-])c(C[N+](C)(C)C)c3)cc2)cc1.[Co+2]. The van der Waals surface area contributed by atoms with Crippen LogP contribution in [0, 0.1) is 13.0 Å². The van der Waals surface area contributed by atoms with Gasteiger partial charge in [-0.05, 0) is 126 Å². The first kappa shape index (κ1) is 50.3. The largest absolute Gasteiger partial charge is 2.00 e. The first-order chi connectivity index (χ1) is 28.2. The van der Waals surface area contributed by atoms with E-state index in [-0.39, 0.29) is 65.7 Å². The molecule has 0 aliphatic heterocycles. The monoisotopic (exact) mass is 1000 g/mol. The van der Waals surface area contributed by atoms with Crippen molar-refractivity contribution in [2.75, 3.05) is 27.4 Å². The number of hydrogen-bond acceptors (Lipinski definition) is 12. The smallest absolute Gasteiger partial charge is 0.768 e. The van der Waals surface area contributed by atoms with Gasteiger partial charge in [0.1, 0.15) is 6.54 Å². The molecule has 20 heteroatoms. The van der Waals surface area contributed by atoms with E-state index in [1.807, 2.05) is 28.1 Å². The van der Waals surface area contributed by atoms with Crippen molar-refractivity contribution in [3.63, 3.8) is 0 Å². The van der Waals surface area contributed by atoms with Crippen molar-refractivity contribution in [3.05, 3.63) is 157 Å². The van der Waals surface area contributed by atoms with Crippen LogP contribution in [-0.4, -0.2) is 82.7 Å². The molecule has 6 rings (SSSR count). The van der Waals surface area contributed by atoms with E-state index in [0.29, 0.717) is 16.6 Å². The molecule has 1 atom stereocenters. The molecule has 6 aromatic rings. The molecule has 0 saturated heterocycles. The number of quaternary nitrogens is 1. The summed E-state index contributed by atoms with van der Waals surface area (Å²) in [5, 5.41) is 0. The van der Waals surface area contributed by atoms with Gasteiger partial charge in [-0.2, -0.15) is 30.3 Å². The van der Waals surface area contributed by atoms with Crippen LogP contribution in [-0.2, 0) is 83.6 Å². The Morgan fingerprint density at radius 3 is 1.10 bits per heavy atom. The fraction of sp³-hybridized carbons (Fsp3) is 0.143. The summed E-state index contributed by atoms with van der Waals surface area (Å²) in [6, 6.07) is 33.5. The van der Waals surface area contributed by atoms with Crippen molar-refractivity contribution >= 4 is 60.3 Å². The van der Waals surface area contributed by atoms with Crippen molar-refractivity contribution < 1.29 is 72.1 Å². The first-order valence-corrected chi connectivity index (χ1v) is 26.7. The van der Waals surface area contributed by atoms with Crippen LogP contribution in [0.25, 0.3) is 0 Å². The minimum atomic E-state index is -3.99. The van der Waals surface area contributed by atoms with E-state index in [1.54, 1.807) is 12.1 Å². The normalized spacial score (nSPS) is 12.9. The number of aryl methyl sites for hydroxylation is 1. The fourth-order valence-electron chi connectivity index (χ4n) is 5.79. The van der Waals surface area contributed by atoms with E-state index in [2.05, 4.69) is 6.07 Å². The quantitative estimate of drug-likeness (QED) is 0.0827. The van der Waals surface area contributed by atoms with E-state index in [9.17, 15) is 50.9 Å². The van der Waals surface area contributed by atoms with Crippen molar-refractivity contribution in [3.8, 4) is 0 Å². The number of nitrogens with zero attached hydrogens (tertiary/aromatic N) is 1. The van der Waals surface area contributed by atoms with Crippen molar-refractivity contribution in [2.24, 2.45) is 0 Å². The van der Waals surface area contributed by atoms with Crippen molar-refractivity contribution in [2.45, 2.75) is 62.4 Å². The molecule has 329 valence electrons. The summed E-state index contributed by atoms with van der Waals surface area (Å²) in [5.41, 5.74) is 1.31. The van der Waals surface area contributed by atoms with Gasteiger partial charge >= 0.3 is 16.8 Å². The minimum Gasteiger partial charge on any atom is -0.768 e. The summed E-state index contributed by atoms with van der Waals surface area (Å²) < 4.78 is 149. The molecule has 1 unspecified atom stereocenters. The van der Waals surface area contributed by atoms with Crippen molar-refractivity contribution in [1.29, 1.82) is 0 Å². The summed E-state index contributed by atoms with van der Waals surface area (Å²) in [6.45, 7) is 2.16. The third-order valence-electron chi connectivity index (χ3n) is 8.95. The summed E-state index contributed by atoms with van der Waals surface area (Å²) >= 11 is -2.51. The molecule has 0 heterocycles. The van der Waals surface area contributed by atoms with Gasteiger partial charge < -0.3 is 9.04 Å². The zero-order chi connectivity index (χ0) is 45.2. The molecular formula is C42H40CoNO12S6+. The standard InChI is InChI=1S/C23H25NO6S3.C19H15O6S3.Co/c1-17-5-7-19(8-6-17)32(27,28)20-9-11-21(12-10-20)33(29,30)22-13-14-23(31(25)26)18(15-22)16-24(2,3)4;1-26(20,21)15-7-9-17(10-8-15)28(24,25)19-13-11-18(12-14-19)27(22,23)16-5-3-2-4-6-16;/h5-15H,16H2,1-4H3;3-14H,1H3;/q;-1;+2. The van der Waals surface area contributed by atoms with Crippen LogP contribution < -0.4 is 0 Å². The van der Waals surface area contributed by atoms with Gasteiger partial charge in [-0.25, -0.2) is 42.1 Å². The molecule has 0 amide bonds. The third kappa shape index (κ3) is 11.6. The van der Waals surface area contributed by atoms with Crippen LogP contribution in [0.5, 0.6) is 0 Å². The molecule has 0 saturated carbocycles. The van der Waals surface area contributed by atoms with Crippen LogP contribution in [0.4, 0.5) is 0 Å². The Labute approximate surface area is 376 Å². The van der Waals surface area contributed by atoms with Gasteiger partial charge in [0, 0.05) is 16.7 Å². The van der Waals surface area contributed by atoms with Gasteiger partial charge in [-0.3, -0.25) is 4.21 Å². The van der Waals surface area contributed by atoms with Crippen LogP contribution in [0.3, 0.4) is 0 Å². The fourth-order valence-corrected chi connectivity index (χ4v) is 12.0. The molecule has 0 aromatic heterocycles.